The largest absolute Gasteiger partial charge is 0.497 e. The lowest BCUT2D eigenvalue weighted by atomic mass is 10.0. The van der Waals surface area contributed by atoms with Gasteiger partial charge in [-0.05, 0) is 18.6 Å². The number of nitrogens with zero attached hydrogens (tertiary/aromatic N) is 1. The molecule has 0 aliphatic heterocycles. The normalized spacial score (nSPS) is 12.1. The number of ether oxygens (including phenoxy) is 2. The van der Waals surface area contributed by atoms with E-state index in [2.05, 4.69) is 10.1 Å². The Hall–Kier alpha value is -1.90. The quantitative estimate of drug-likeness (QED) is 0.435. The van der Waals surface area contributed by atoms with Crippen LogP contribution in [0.4, 0.5) is 10.5 Å². The van der Waals surface area contributed by atoms with E-state index in [9.17, 15) is 19.5 Å². The molecule has 1 atom stereocenters. The number of hydrogen-bond donors (Lipinski definition) is 2. The predicted octanol–water partition coefficient (Wildman–Crippen LogP) is 3.27. The minimum absolute atomic E-state index is 0.116. The van der Waals surface area contributed by atoms with Crippen molar-refractivity contribution in [1.82, 2.24) is 5.32 Å². The number of carboxylic acid groups (broad SMARTS) is 1. The first-order valence-electron chi connectivity index (χ1n) is 8.06. The van der Waals surface area contributed by atoms with Crippen LogP contribution < -0.4 is 15.0 Å². The Morgan fingerprint density at radius 1 is 1.25 bits per heavy atom. The number of halogens is 3. The average molecular weight is 456 g/mol. The van der Waals surface area contributed by atoms with Crippen molar-refractivity contribution in [3.63, 3.8) is 0 Å². The van der Waals surface area contributed by atoms with E-state index >= 15 is 0 Å². The molecular weight excluding hydrogens is 435 g/mol. The summed E-state index contributed by atoms with van der Waals surface area (Å²) < 4.78 is 7.98. The first-order valence-corrected chi connectivity index (χ1v) is 9.19. The number of anilines is 1. The Morgan fingerprint density at radius 3 is 2.39 bits per heavy atom. The van der Waals surface area contributed by atoms with Crippen LogP contribution in [0.2, 0.25) is 0 Å². The van der Waals surface area contributed by atoms with E-state index in [1.54, 1.807) is 37.2 Å². The molecule has 0 aromatic heterocycles. The molecule has 156 valence electrons. The van der Waals surface area contributed by atoms with Gasteiger partial charge in [0.25, 0.3) is 0 Å². The first kappa shape index (κ1) is 24.1. The van der Waals surface area contributed by atoms with Crippen LogP contribution in [-0.4, -0.2) is 60.6 Å². The molecule has 0 heterocycles. The van der Waals surface area contributed by atoms with Gasteiger partial charge in [-0.2, -0.15) is 0 Å². The van der Waals surface area contributed by atoms with Gasteiger partial charge in [-0.15, -0.1) is 0 Å². The summed E-state index contributed by atoms with van der Waals surface area (Å²) in [4.78, 5) is 37.3. The summed E-state index contributed by atoms with van der Waals surface area (Å²) in [7, 11) is 5.06. The molecule has 1 unspecified atom stereocenters. The molecule has 8 nitrogen and oxygen atoms in total. The molecule has 0 spiro atoms. The van der Waals surface area contributed by atoms with E-state index in [4.69, 9.17) is 39.5 Å². The highest BCUT2D eigenvalue weighted by molar-refractivity contribution is 6.67. The predicted molar refractivity (Wildman–Crippen MR) is 107 cm³/mol. The van der Waals surface area contributed by atoms with Gasteiger partial charge < -0.3 is 24.8 Å². The second-order valence-electron chi connectivity index (χ2n) is 5.97. The number of rotatable bonds is 9. The lowest BCUT2D eigenvalue weighted by molar-refractivity contribution is -0.139. The number of ketones is 1. The Balaban J connectivity index is 2.77. The number of carbonyl (C=O) groups is 3. The number of benzene rings is 1. The molecule has 1 amide bonds. The molecule has 1 rings (SSSR count). The number of carboxylic acids is 1. The van der Waals surface area contributed by atoms with E-state index in [0.29, 0.717) is 17.0 Å². The molecule has 0 fully saturated rings. The van der Waals surface area contributed by atoms with Crippen LogP contribution in [0.15, 0.2) is 18.2 Å². The number of Topliss-reactive ketones (excluding diaryl/α,β-unsaturated/α-hetero) is 1. The molecule has 0 bridgehead atoms. The number of carbonyl (C=O) groups excluding carboxylic acids is 2. The van der Waals surface area contributed by atoms with Crippen molar-refractivity contribution in [2.75, 3.05) is 32.7 Å². The monoisotopic (exact) mass is 454 g/mol. The molecule has 28 heavy (non-hydrogen) atoms. The van der Waals surface area contributed by atoms with Crippen LogP contribution >= 0.6 is 34.8 Å². The standard InChI is InChI=1S/C17H21Cl3N2O6/c1-22(2)13-8-10(27-3)4-5-11(13)14(23)7-6-12(15(24)25)21-16(26)28-9-17(18,19)20/h4-5,8,12H,6-7,9H2,1-3H3,(H,21,26)(H,24,25). The van der Waals surface area contributed by atoms with Crippen molar-refractivity contribution in [1.29, 1.82) is 0 Å². The summed E-state index contributed by atoms with van der Waals surface area (Å²) in [6.45, 7) is -0.549. The summed E-state index contributed by atoms with van der Waals surface area (Å²) in [5, 5.41) is 11.4. The van der Waals surface area contributed by atoms with E-state index in [-0.39, 0.29) is 18.6 Å². The van der Waals surface area contributed by atoms with Gasteiger partial charge >= 0.3 is 12.1 Å². The topological polar surface area (TPSA) is 105 Å². The number of aliphatic carboxylic acids is 1. The average Bonchev–Trinajstić information content (AvgIpc) is 2.61. The van der Waals surface area contributed by atoms with Crippen molar-refractivity contribution in [3.8, 4) is 5.75 Å². The Bertz CT molecular complexity index is 721. The van der Waals surface area contributed by atoms with Gasteiger partial charge in [-0.1, -0.05) is 34.8 Å². The molecule has 0 radical (unpaired) electrons. The third kappa shape index (κ3) is 8.00. The van der Waals surface area contributed by atoms with Crippen LogP contribution in [0.3, 0.4) is 0 Å². The Labute approximate surface area is 177 Å². The van der Waals surface area contributed by atoms with Crippen molar-refractivity contribution < 1.29 is 29.0 Å². The number of methoxy groups -OCH3 is 1. The molecule has 11 heteroatoms. The van der Waals surface area contributed by atoms with Crippen molar-refractivity contribution in [2.45, 2.75) is 22.7 Å². The van der Waals surface area contributed by atoms with Gasteiger partial charge in [0.1, 0.15) is 18.4 Å². The van der Waals surface area contributed by atoms with E-state index in [0.717, 1.165) is 0 Å². The SMILES string of the molecule is COc1ccc(C(=O)CCC(NC(=O)OCC(Cl)(Cl)Cl)C(=O)O)c(N(C)C)c1. The van der Waals surface area contributed by atoms with Crippen LogP contribution in [0.1, 0.15) is 23.2 Å². The maximum Gasteiger partial charge on any atom is 0.407 e. The number of hydrogen-bond acceptors (Lipinski definition) is 6. The molecule has 0 saturated carbocycles. The molecule has 2 N–H and O–H groups in total. The number of alkyl halides is 3. The molecule has 0 saturated heterocycles. The summed E-state index contributed by atoms with van der Waals surface area (Å²) in [5.74, 6) is -1.02. The summed E-state index contributed by atoms with van der Waals surface area (Å²) in [6.07, 6.45) is -1.32. The summed E-state index contributed by atoms with van der Waals surface area (Å²) in [6, 6.07) is 3.61. The summed E-state index contributed by atoms with van der Waals surface area (Å²) in [5.41, 5.74) is 1.04. The maximum atomic E-state index is 12.6. The minimum Gasteiger partial charge on any atom is -0.497 e. The fraction of sp³-hybridized carbons (Fsp3) is 0.471. The lowest BCUT2D eigenvalue weighted by Gasteiger charge is -2.19. The van der Waals surface area contributed by atoms with E-state index in [1.807, 2.05) is 0 Å². The second-order valence-corrected chi connectivity index (χ2v) is 8.48. The highest BCUT2D eigenvalue weighted by atomic mass is 35.6. The Kier molecular flexibility index (Phi) is 9.13. The number of alkyl carbamates (subject to hydrolysis) is 1. The minimum atomic E-state index is -1.82. The third-order valence-electron chi connectivity index (χ3n) is 3.60. The summed E-state index contributed by atoms with van der Waals surface area (Å²) >= 11 is 16.4. The van der Waals surface area contributed by atoms with Gasteiger partial charge in [-0.3, -0.25) is 4.79 Å². The second kappa shape index (κ2) is 10.6. The Morgan fingerprint density at radius 2 is 1.89 bits per heavy atom. The van der Waals surface area contributed by atoms with Gasteiger partial charge in [-0.25, -0.2) is 9.59 Å². The number of amides is 1. The molecule has 1 aromatic carbocycles. The van der Waals surface area contributed by atoms with Gasteiger partial charge in [0.15, 0.2) is 5.78 Å². The zero-order valence-corrected chi connectivity index (χ0v) is 17.8. The van der Waals surface area contributed by atoms with Crippen LogP contribution in [0, 0.1) is 0 Å². The van der Waals surface area contributed by atoms with Gasteiger partial charge in [0.2, 0.25) is 3.79 Å². The van der Waals surface area contributed by atoms with Crippen molar-refractivity contribution >= 4 is 58.3 Å². The van der Waals surface area contributed by atoms with Crippen LogP contribution in [-0.2, 0) is 9.53 Å². The van der Waals surface area contributed by atoms with E-state index in [1.165, 1.54) is 7.11 Å². The molecule has 0 aliphatic carbocycles. The van der Waals surface area contributed by atoms with Gasteiger partial charge in [0, 0.05) is 32.1 Å². The molecule has 1 aromatic rings. The van der Waals surface area contributed by atoms with Gasteiger partial charge in [0.05, 0.1) is 12.8 Å². The zero-order chi connectivity index (χ0) is 21.5. The maximum absolute atomic E-state index is 12.6. The lowest BCUT2D eigenvalue weighted by Crippen LogP contribution is -2.42. The zero-order valence-electron chi connectivity index (χ0n) is 15.5. The smallest absolute Gasteiger partial charge is 0.407 e. The van der Waals surface area contributed by atoms with E-state index < -0.39 is 28.5 Å². The molecule has 0 aliphatic rings. The fourth-order valence-corrected chi connectivity index (χ4v) is 2.41. The first-order chi connectivity index (χ1) is 12.9. The fourth-order valence-electron chi connectivity index (χ4n) is 2.24. The van der Waals surface area contributed by atoms with Crippen molar-refractivity contribution in [2.24, 2.45) is 0 Å². The van der Waals surface area contributed by atoms with Crippen LogP contribution in [0.25, 0.3) is 0 Å². The molecular formula is C17H21Cl3N2O6. The number of nitrogens with one attached hydrogen (secondary N) is 1. The highest BCUT2D eigenvalue weighted by Gasteiger charge is 2.26. The third-order valence-corrected chi connectivity index (χ3v) is 3.93. The van der Waals surface area contributed by atoms with Crippen molar-refractivity contribution in [3.05, 3.63) is 23.8 Å². The highest BCUT2D eigenvalue weighted by Crippen LogP contribution is 2.27. The van der Waals surface area contributed by atoms with Crippen LogP contribution in [0.5, 0.6) is 5.75 Å².